The molecule has 0 radical (unpaired) electrons. The molecule has 0 aliphatic carbocycles. The molecule has 2 rings (SSSR count). The van der Waals surface area contributed by atoms with E-state index in [1.54, 1.807) is 13.0 Å². The molecule has 1 aromatic rings. The van der Waals surface area contributed by atoms with E-state index in [2.05, 4.69) is 0 Å². The number of esters is 4. The molecule has 0 spiro atoms. The van der Waals surface area contributed by atoms with Gasteiger partial charge in [-0.15, -0.1) is 0 Å². The summed E-state index contributed by atoms with van der Waals surface area (Å²) in [6.07, 6.45) is -3.26. The zero-order chi connectivity index (χ0) is 25.3. The molecule has 1 aromatic carbocycles. The summed E-state index contributed by atoms with van der Waals surface area (Å²) in [5.41, 5.74) is 0.324. The Morgan fingerprint density at radius 2 is 1.74 bits per heavy atom. The van der Waals surface area contributed by atoms with Crippen molar-refractivity contribution in [3.05, 3.63) is 41.4 Å². The number of rotatable bonds is 9. The lowest BCUT2D eigenvalue weighted by molar-refractivity contribution is -0.257. The van der Waals surface area contributed by atoms with Crippen LogP contribution in [0.15, 0.2) is 30.0 Å². The first-order chi connectivity index (χ1) is 16.1. The van der Waals surface area contributed by atoms with Crippen LogP contribution in [0.3, 0.4) is 0 Å². The summed E-state index contributed by atoms with van der Waals surface area (Å²) in [6.45, 7) is 4.83. The van der Waals surface area contributed by atoms with Crippen LogP contribution in [0.2, 0.25) is 0 Å². The van der Waals surface area contributed by atoms with Crippen molar-refractivity contribution in [3.8, 4) is 0 Å². The Morgan fingerprint density at radius 1 is 1.03 bits per heavy atom. The summed E-state index contributed by atoms with van der Waals surface area (Å²) in [5.74, 6) is -3.60. The lowest BCUT2D eigenvalue weighted by Gasteiger charge is -2.39. The predicted octanol–water partition coefficient (Wildman–Crippen LogP) is 2.29. The largest absolute Gasteiger partial charge is 0.463 e. The lowest BCUT2D eigenvalue weighted by Crippen LogP contribution is -2.54. The van der Waals surface area contributed by atoms with Crippen LogP contribution in [-0.2, 0) is 47.6 Å². The normalized spacial score (nSPS) is 22.3. The van der Waals surface area contributed by atoms with Gasteiger partial charge in [-0.3, -0.25) is 14.4 Å². The molecule has 0 amide bonds. The third kappa shape index (κ3) is 8.47. The Labute approximate surface area is 195 Å². The van der Waals surface area contributed by atoms with Gasteiger partial charge in [0, 0.05) is 20.8 Å². The predicted molar refractivity (Wildman–Crippen MR) is 113 cm³/mol. The quantitative estimate of drug-likeness (QED) is 0.224. The molecule has 4 atom stereocenters. The number of halogens is 1. The van der Waals surface area contributed by atoms with Crippen LogP contribution in [0.4, 0.5) is 4.39 Å². The second kappa shape index (κ2) is 12.7. The van der Waals surface area contributed by atoms with E-state index in [4.69, 9.17) is 28.4 Å². The molecule has 1 aliphatic heterocycles. The van der Waals surface area contributed by atoms with Crippen molar-refractivity contribution in [1.82, 2.24) is 0 Å². The lowest BCUT2D eigenvalue weighted by atomic mass is 10.0. The van der Waals surface area contributed by atoms with Crippen molar-refractivity contribution in [2.75, 3.05) is 13.2 Å². The second-order valence-electron chi connectivity index (χ2n) is 7.27. The minimum absolute atomic E-state index is 0.0495. The van der Waals surface area contributed by atoms with Gasteiger partial charge in [0.15, 0.2) is 6.10 Å². The molecule has 10 nitrogen and oxygen atoms in total. The summed E-state index contributed by atoms with van der Waals surface area (Å²) < 4.78 is 45.7. The third-order valence-corrected chi connectivity index (χ3v) is 4.44. The highest BCUT2D eigenvalue weighted by Crippen LogP contribution is 2.29. The molecule has 1 saturated heterocycles. The van der Waals surface area contributed by atoms with E-state index in [-0.39, 0.29) is 25.4 Å². The Morgan fingerprint density at radius 3 is 2.32 bits per heavy atom. The average molecular weight is 482 g/mol. The maximum absolute atomic E-state index is 13.6. The second-order valence-corrected chi connectivity index (χ2v) is 7.27. The van der Waals surface area contributed by atoms with Crippen molar-refractivity contribution < 1.29 is 52.0 Å². The van der Waals surface area contributed by atoms with Gasteiger partial charge in [0.25, 0.3) is 0 Å². The zero-order valence-electron chi connectivity index (χ0n) is 19.3. The van der Waals surface area contributed by atoms with E-state index in [0.717, 1.165) is 6.92 Å². The monoisotopic (exact) mass is 482 g/mol. The van der Waals surface area contributed by atoms with Crippen LogP contribution in [0.25, 0.3) is 6.08 Å². The van der Waals surface area contributed by atoms with Crippen molar-refractivity contribution >= 4 is 30.0 Å². The fraction of sp³-hybridized carbons (Fsp3) is 0.478. The van der Waals surface area contributed by atoms with E-state index in [1.165, 1.54) is 38.1 Å². The first-order valence-corrected chi connectivity index (χ1v) is 10.5. The minimum Gasteiger partial charge on any atom is -0.463 e. The molecule has 186 valence electrons. The van der Waals surface area contributed by atoms with Gasteiger partial charge in [0.1, 0.15) is 24.6 Å². The van der Waals surface area contributed by atoms with Crippen LogP contribution >= 0.6 is 0 Å². The van der Waals surface area contributed by atoms with Crippen LogP contribution in [0.1, 0.15) is 39.7 Å². The van der Waals surface area contributed by atoms with E-state index < -0.39 is 54.3 Å². The average Bonchev–Trinajstić information content (AvgIpc) is 2.73. The van der Waals surface area contributed by atoms with Crippen molar-refractivity contribution in [2.24, 2.45) is 0 Å². The van der Waals surface area contributed by atoms with Crippen LogP contribution < -0.4 is 0 Å². The first-order valence-electron chi connectivity index (χ1n) is 10.5. The Bertz CT molecular complexity index is 928. The highest BCUT2D eigenvalue weighted by Gasteiger charge is 2.45. The van der Waals surface area contributed by atoms with E-state index in [0.29, 0.717) is 5.56 Å². The number of carbonyl (C=O) groups is 4. The number of hydrogen-bond acceptors (Lipinski definition) is 10. The standard InChI is InChI=1S/C23H27FO10/c1-5-29-23(28)19(10-16-7-6-8-17(24)9-16)33-21-11-18(31-14(3)26)22(32-15(4)27)20(34-21)12-30-13(2)25/h6-10,18,20-22H,5,11-12H2,1-4H3/b19-10-/t18?,20?,21?,22-/m1/s1. The summed E-state index contributed by atoms with van der Waals surface area (Å²) >= 11 is 0. The minimum atomic E-state index is -1.19. The Hall–Kier alpha value is -3.47. The van der Waals surface area contributed by atoms with Crippen molar-refractivity contribution in [3.63, 3.8) is 0 Å². The van der Waals surface area contributed by atoms with Gasteiger partial charge in [-0.1, -0.05) is 12.1 Å². The molecule has 3 unspecified atom stereocenters. The third-order valence-electron chi connectivity index (χ3n) is 4.44. The summed E-state index contributed by atoms with van der Waals surface area (Å²) in [7, 11) is 0. The molecule has 0 aromatic heterocycles. The molecule has 1 aliphatic rings. The number of carbonyl (C=O) groups excluding carboxylic acids is 4. The zero-order valence-corrected chi connectivity index (χ0v) is 19.3. The topological polar surface area (TPSA) is 124 Å². The van der Waals surface area contributed by atoms with E-state index in [9.17, 15) is 23.6 Å². The summed E-state index contributed by atoms with van der Waals surface area (Å²) in [6, 6.07) is 5.43. The highest BCUT2D eigenvalue weighted by atomic mass is 19.1. The smallest absolute Gasteiger partial charge is 0.373 e. The van der Waals surface area contributed by atoms with Crippen molar-refractivity contribution in [1.29, 1.82) is 0 Å². The van der Waals surface area contributed by atoms with Gasteiger partial charge in [0.2, 0.25) is 12.0 Å². The molecule has 1 fully saturated rings. The SMILES string of the molecule is CCOC(=O)/C(=C/c1cccc(F)c1)OC1CC(OC(C)=O)[C@@H](OC(C)=O)C(COC(C)=O)O1. The molecular weight excluding hydrogens is 455 g/mol. The molecule has 34 heavy (non-hydrogen) atoms. The maximum atomic E-state index is 13.6. The van der Waals surface area contributed by atoms with Gasteiger partial charge < -0.3 is 28.4 Å². The molecule has 11 heteroatoms. The fourth-order valence-electron chi connectivity index (χ4n) is 3.21. The van der Waals surface area contributed by atoms with Crippen LogP contribution in [0.5, 0.6) is 0 Å². The van der Waals surface area contributed by atoms with E-state index >= 15 is 0 Å². The van der Waals surface area contributed by atoms with Gasteiger partial charge in [-0.2, -0.15) is 0 Å². The maximum Gasteiger partial charge on any atom is 0.373 e. The summed E-state index contributed by atoms with van der Waals surface area (Å²) in [5, 5.41) is 0. The van der Waals surface area contributed by atoms with E-state index in [1.807, 2.05) is 0 Å². The molecule has 0 saturated carbocycles. The van der Waals surface area contributed by atoms with Crippen LogP contribution in [-0.4, -0.2) is 61.7 Å². The molecule has 1 heterocycles. The molecule has 0 N–H and O–H groups in total. The number of hydrogen-bond donors (Lipinski definition) is 0. The Balaban J connectivity index is 2.35. The van der Waals surface area contributed by atoms with Crippen molar-refractivity contribution in [2.45, 2.75) is 58.7 Å². The number of benzene rings is 1. The van der Waals surface area contributed by atoms with Gasteiger partial charge >= 0.3 is 23.9 Å². The first kappa shape index (κ1) is 26.8. The van der Waals surface area contributed by atoms with Gasteiger partial charge in [-0.05, 0) is 30.7 Å². The highest BCUT2D eigenvalue weighted by molar-refractivity contribution is 5.91. The fourth-order valence-corrected chi connectivity index (χ4v) is 3.21. The Kier molecular flexibility index (Phi) is 9.99. The van der Waals surface area contributed by atoms with Gasteiger partial charge in [-0.25, -0.2) is 9.18 Å². The number of ether oxygens (including phenoxy) is 6. The summed E-state index contributed by atoms with van der Waals surface area (Å²) in [4.78, 5) is 47.1. The van der Waals surface area contributed by atoms with Crippen LogP contribution in [0, 0.1) is 5.82 Å². The molecular formula is C23H27FO10. The molecule has 0 bridgehead atoms. The van der Waals surface area contributed by atoms with Gasteiger partial charge in [0.05, 0.1) is 13.0 Å².